The molecule has 2 aromatic heterocycles. The summed E-state index contributed by atoms with van der Waals surface area (Å²) in [4.78, 5) is 44.1. The van der Waals surface area contributed by atoms with Crippen LogP contribution in [0.3, 0.4) is 0 Å². The molecule has 1 fully saturated rings. The summed E-state index contributed by atoms with van der Waals surface area (Å²) in [5.41, 5.74) is 0.650. The summed E-state index contributed by atoms with van der Waals surface area (Å²) in [6.45, 7) is 1.64. The summed E-state index contributed by atoms with van der Waals surface area (Å²) in [6, 6.07) is 7.23. The Morgan fingerprint density at radius 3 is 2.65 bits per heavy atom. The maximum Gasteiger partial charge on any atom is 0.332 e. The number of hydrogen-bond donors (Lipinski definition) is 0. The smallest absolute Gasteiger partial charge is 0.332 e. The zero-order valence-corrected chi connectivity index (χ0v) is 17.3. The van der Waals surface area contributed by atoms with Crippen molar-refractivity contribution >= 4 is 16.9 Å². The van der Waals surface area contributed by atoms with Crippen LogP contribution in [0, 0.1) is 0 Å². The molecule has 1 saturated heterocycles. The number of ether oxygens (including phenoxy) is 2. The molecule has 3 aromatic rings. The molecule has 160 valence electrons. The van der Waals surface area contributed by atoms with Crippen LogP contribution in [0.4, 0.5) is 0 Å². The van der Waals surface area contributed by atoms with Crippen molar-refractivity contribution in [2.45, 2.75) is 18.9 Å². The topological polar surface area (TPSA) is 95.7 Å². The van der Waals surface area contributed by atoms with Crippen molar-refractivity contribution in [1.82, 2.24) is 19.0 Å². The number of carbonyl (C=O) groups excluding carboxylic acids is 1. The Balaban J connectivity index is 1.51. The number of aryl methyl sites for hydroxylation is 1. The largest absolute Gasteiger partial charge is 0.486 e. The van der Waals surface area contributed by atoms with E-state index in [1.807, 2.05) is 18.2 Å². The van der Waals surface area contributed by atoms with E-state index in [-0.39, 0.29) is 23.0 Å². The lowest BCUT2D eigenvalue weighted by atomic mass is 10.0. The lowest BCUT2D eigenvalue weighted by Gasteiger charge is -2.27. The average Bonchev–Trinajstić information content (AvgIpc) is 3.30. The number of nitrogens with zero attached hydrogens (tertiary/aromatic N) is 4. The fourth-order valence-electron chi connectivity index (χ4n) is 4.37. The van der Waals surface area contributed by atoms with Crippen molar-refractivity contribution in [2.75, 3.05) is 19.8 Å². The van der Waals surface area contributed by atoms with Gasteiger partial charge in [0.05, 0.1) is 17.0 Å². The zero-order chi connectivity index (χ0) is 21.7. The van der Waals surface area contributed by atoms with E-state index in [1.54, 1.807) is 11.9 Å². The monoisotopic (exact) mass is 422 g/mol. The Labute approximate surface area is 177 Å². The van der Waals surface area contributed by atoms with Crippen molar-refractivity contribution in [1.29, 1.82) is 0 Å². The molecule has 5 rings (SSSR count). The van der Waals surface area contributed by atoms with Crippen molar-refractivity contribution in [3.05, 3.63) is 62.4 Å². The van der Waals surface area contributed by atoms with Crippen molar-refractivity contribution < 1.29 is 14.3 Å². The van der Waals surface area contributed by atoms with Gasteiger partial charge in [-0.25, -0.2) is 9.78 Å². The first kappa shape index (κ1) is 19.3. The SMILES string of the molecule is Cn1c(=O)c2cc(C(=O)N3CCC[C@H]3c3ccc4c(c3)OCCO4)cnc2n(C)c1=O. The molecule has 2 aliphatic heterocycles. The van der Waals surface area contributed by atoms with E-state index in [0.717, 1.165) is 23.0 Å². The Kier molecular flexibility index (Phi) is 4.53. The molecule has 0 aliphatic carbocycles. The minimum absolute atomic E-state index is 0.0954. The first-order valence-electron chi connectivity index (χ1n) is 10.2. The van der Waals surface area contributed by atoms with Gasteiger partial charge in [0.15, 0.2) is 11.5 Å². The van der Waals surface area contributed by atoms with E-state index in [0.29, 0.717) is 36.8 Å². The summed E-state index contributed by atoms with van der Waals surface area (Å²) in [6.07, 6.45) is 3.15. The third-order valence-electron chi connectivity index (χ3n) is 6.00. The second-order valence-electron chi connectivity index (χ2n) is 7.86. The number of hydrogen-bond acceptors (Lipinski definition) is 6. The molecule has 2 aliphatic rings. The fraction of sp³-hybridized carbons (Fsp3) is 0.364. The minimum Gasteiger partial charge on any atom is -0.486 e. The van der Waals surface area contributed by atoms with Crippen LogP contribution in [0.5, 0.6) is 11.5 Å². The maximum atomic E-state index is 13.4. The van der Waals surface area contributed by atoms with Gasteiger partial charge in [-0.05, 0) is 36.6 Å². The first-order chi connectivity index (χ1) is 15.0. The highest BCUT2D eigenvalue weighted by atomic mass is 16.6. The van der Waals surface area contributed by atoms with E-state index >= 15 is 0 Å². The van der Waals surface area contributed by atoms with Crippen LogP contribution in [0.25, 0.3) is 11.0 Å². The van der Waals surface area contributed by atoms with Crippen LogP contribution >= 0.6 is 0 Å². The van der Waals surface area contributed by atoms with Gasteiger partial charge in [0.2, 0.25) is 0 Å². The van der Waals surface area contributed by atoms with Gasteiger partial charge in [-0.1, -0.05) is 6.07 Å². The van der Waals surface area contributed by atoms with Crippen molar-refractivity contribution in [2.24, 2.45) is 14.1 Å². The van der Waals surface area contributed by atoms with Crippen molar-refractivity contribution in [3.63, 3.8) is 0 Å². The first-order valence-corrected chi connectivity index (χ1v) is 10.2. The molecule has 0 N–H and O–H groups in total. The number of likely N-dealkylation sites (tertiary alicyclic amines) is 1. The highest BCUT2D eigenvalue weighted by Gasteiger charge is 2.32. The number of benzene rings is 1. The number of pyridine rings is 1. The van der Waals surface area contributed by atoms with Crippen LogP contribution in [0.2, 0.25) is 0 Å². The molecule has 1 aromatic carbocycles. The molecule has 1 atom stereocenters. The number of amides is 1. The van der Waals surface area contributed by atoms with Gasteiger partial charge in [-0.3, -0.25) is 18.7 Å². The summed E-state index contributed by atoms with van der Waals surface area (Å²) in [5.74, 6) is 1.22. The van der Waals surface area contributed by atoms with Crippen LogP contribution in [-0.2, 0) is 14.1 Å². The predicted molar refractivity (Wildman–Crippen MR) is 113 cm³/mol. The Morgan fingerprint density at radius 2 is 1.84 bits per heavy atom. The number of rotatable bonds is 2. The Morgan fingerprint density at radius 1 is 1.06 bits per heavy atom. The molecule has 0 spiro atoms. The zero-order valence-electron chi connectivity index (χ0n) is 17.3. The molecule has 4 heterocycles. The molecule has 1 amide bonds. The van der Waals surface area contributed by atoms with E-state index in [9.17, 15) is 14.4 Å². The highest BCUT2D eigenvalue weighted by molar-refractivity contribution is 5.97. The van der Waals surface area contributed by atoms with Gasteiger partial charge in [0.25, 0.3) is 11.5 Å². The third kappa shape index (κ3) is 3.08. The number of aromatic nitrogens is 3. The highest BCUT2D eigenvalue weighted by Crippen LogP contribution is 2.38. The van der Waals surface area contributed by atoms with Gasteiger partial charge in [-0.2, -0.15) is 0 Å². The molecular formula is C22H22N4O5. The van der Waals surface area contributed by atoms with Gasteiger partial charge in [-0.15, -0.1) is 0 Å². The molecule has 9 heteroatoms. The maximum absolute atomic E-state index is 13.4. The minimum atomic E-state index is -0.468. The van der Waals surface area contributed by atoms with E-state index in [4.69, 9.17) is 9.47 Å². The van der Waals surface area contributed by atoms with Gasteiger partial charge in [0.1, 0.15) is 18.9 Å². The van der Waals surface area contributed by atoms with Crippen LogP contribution in [0.15, 0.2) is 40.1 Å². The van der Waals surface area contributed by atoms with Crippen LogP contribution < -0.4 is 20.7 Å². The quantitative estimate of drug-likeness (QED) is 0.619. The summed E-state index contributed by atoms with van der Waals surface area (Å²) in [5, 5.41) is 0.241. The normalized spacial score (nSPS) is 17.9. The number of fused-ring (bicyclic) bond motifs is 2. The Bertz CT molecular complexity index is 1330. The van der Waals surface area contributed by atoms with E-state index in [2.05, 4.69) is 4.98 Å². The Hall–Kier alpha value is -3.62. The summed E-state index contributed by atoms with van der Waals surface area (Å²) in [7, 11) is 2.97. The molecule has 0 bridgehead atoms. The second-order valence-corrected chi connectivity index (χ2v) is 7.86. The van der Waals surface area contributed by atoms with Gasteiger partial charge in [0, 0.05) is 26.8 Å². The predicted octanol–water partition coefficient (Wildman–Crippen LogP) is 1.38. The van der Waals surface area contributed by atoms with Crippen LogP contribution in [-0.4, -0.2) is 44.7 Å². The average molecular weight is 422 g/mol. The third-order valence-corrected chi connectivity index (χ3v) is 6.00. The summed E-state index contributed by atoms with van der Waals surface area (Å²) < 4.78 is 13.6. The lowest BCUT2D eigenvalue weighted by molar-refractivity contribution is 0.0735. The summed E-state index contributed by atoms with van der Waals surface area (Å²) >= 11 is 0. The van der Waals surface area contributed by atoms with E-state index < -0.39 is 11.2 Å². The van der Waals surface area contributed by atoms with Gasteiger partial charge < -0.3 is 14.4 Å². The molecular weight excluding hydrogens is 400 g/mol. The molecule has 31 heavy (non-hydrogen) atoms. The molecule has 0 saturated carbocycles. The fourth-order valence-corrected chi connectivity index (χ4v) is 4.37. The molecule has 9 nitrogen and oxygen atoms in total. The molecule has 0 radical (unpaired) electrons. The lowest BCUT2D eigenvalue weighted by Crippen LogP contribution is -2.37. The van der Waals surface area contributed by atoms with Gasteiger partial charge >= 0.3 is 5.69 Å². The van der Waals surface area contributed by atoms with E-state index in [1.165, 1.54) is 23.9 Å². The second kappa shape index (κ2) is 7.26. The molecule has 0 unspecified atom stereocenters. The standard InChI is InChI=1S/C22H22N4O5/c1-24-19-15(21(28)25(2)22(24)29)10-14(12-23-19)20(27)26-7-3-4-16(26)13-5-6-17-18(11-13)31-9-8-30-17/h5-6,10-12,16H,3-4,7-9H2,1-2H3/t16-/m0/s1. The van der Waals surface area contributed by atoms with Crippen LogP contribution in [0.1, 0.15) is 34.8 Å². The number of carbonyl (C=O) groups is 1. The van der Waals surface area contributed by atoms with Crippen molar-refractivity contribution in [3.8, 4) is 11.5 Å².